The molecule has 0 aromatic carbocycles. The molecule has 6 nitrogen and oxygen atoms in total. The van der Waals surface area contributed by atoms with Gasteiger partial charge in [-0.15, -0.1) is 0 Å². The molecule has 0 saturated carbocycles. The van der Waals surface area contributed by atoms with E-state index in [0.717, 1.165) is 5.56 Å². The minimum absolute atomic E-state index is 0.296. The van der Waals surface area contributed by atoms with Crippen LogP contribution in [0.15, 0.2) is 18.3 Å². The first-order valence-electron chi connectivity index (χ1n) is 5.15. The molecule has 0 spiro atoms. The van der Waals surface area contributed by atoms with E-state index in [1.165, 1.54) is 7.11 Å². The van der Waals surface area contributed by atoms with Gasteiger partial charge in [0.25, 0.3) is 0 Å². The van der Waals surface area contributed by atoms with Gasteiger partial charge in [0.05, 0.1) is 6.61 Å². The quantitative estimate of drug-likeness (QED) is 0.574. The highest BCUT2D eigenvalue weighted by atomic mass is 16.5. The predicted octanol–water partition coefficient (Wildman–Crippen LogP) is 0.0911. The number of pyridine rings is 1. The van der Waals surface area contributed by atoms with Crippen LogP contribution in [-0.2, 0) is 14.3 Å². The van der Waals surface area contributed by atoms with E-state index < -0.39 is 11.8 Å². The first-order valence-corrected chi connectivity index (χ1v) is 5.15. The Bertz CT molecular complexity index is 407. The SMILES string of the molecule is COCCNC(=O)C(=O)Nc1ncccc1C. The van der Waals surface area contributed by atoms with Crippen LogP contribution in [0.1, 0.15) is 5.56 Å². The van der Waals surface area contributed by atoms with Crippen molar-refractivity contribution in [3.63, 3.8) is 0 Å². The summed E-state index contributed by atoms with van der Waals surface area (Å²) in [6.07, 6.45) is 1.55. The van der Waals surface area contributed by atoms with Crippen LogP contribution in [0, 0.1) is 6.92 Å². The summed E-state index contributed by atoms with van der Waals surface area (Å²) in [5, 5.41) is 4.85. The van der Waals surface area contributed by atoms with E-state index in [4.69, 9.17) is 4.74 Å². The lowest BCUT2D eigenvalue weighted by Gasteiger charge is -2.07. The van der Waals surface area contributed by atoms with Crippen LogP contribution in [0.4, 0.5) is 5.82 Å². The molecule has 0 aliphatic heterocycles. The minimum atomic E-state index is -0.733. The molecule has 2 N–H and O–H groups in total. The summed E-state index contributed by atoms with van der Waals surface area (Å²) in [5.74, 6) is -1.05. The van der Waals surface area contributed by atoms with E-state index in [1.807, 2.05) is 0 Å². The summed E-state index contributed by atoms with van der Waals surface area (Å²) in [4.78, 5) is 26.7. The first kappa shape index (κ1) is 13.1. The third-order valence-electron chi connectivity index (χ3n) is 2.04. The Balaban J connectivity index is 2.49. The summed E-state index contributed by atoms with van der Waals surface area (Å²) in [5.41, 5.74) is 0.797. The largest absolute Gasteiger partial charge is 0.383 e. The molecular weight excluding hydrogens is 222 g/mol. The molecule has 0 bridgehead atoms. The van der Waals surface area contributed by atoms with E-state index in [0.29, 0.717) is 19.0 Å². The number of aryl methyl sites for hydroxylation is 1. The number of carbonyl (C=O) groups excluding carboxylic acids is 2. The lowest BCUT2D eigenvalue weighted by molar-refractivity contribution is -0.136. The number of hydrogen-bond acceptors (Lipinski definition) is 4. The van der Waals surface area contributed by atoms with Gasteiger partial charge < -0.3 is 15.4 Å². The van der Waals surface area contributed by atoms with Crippen molar-refractivity contribution in [1.82, 2.24) is 10.3 Å². The lowest BCUT2D eigenvalue weighted by atomic mass is 10.3. The van der Waals surface area contributed by atoms with E-state index >= 15 is 0 Å². The van der Waals surface area contributed by atoms with Gasteiger partial charge >= 0.3 is 11.8 Å². The molecule has 0 aliphatic carbocycles. The molecule has 1 rings (SSSR count). The van der Waals surface area contributed by atoms with Gasteiger partial charge in [-0.3, -0.25) is 9.59 Å². The number of aromatic nitrogens is 1. The van der Waals surface area contributed by atoms with Crippen LogP contribution in [0.5, 0.6) is 0 Å². The maximum Gasteiger partial charge on any atom is 0.314 e. The first-order chi connectivity index (χ1) is 8.15. The number of ether oxygens (including phenoxy) is 1. The highest BCUT2D eigenvalue weighted by Crippen LogP contribution is 2.08. The van der Waals surface area contributed by atoms with Crippen molar-refractivity contribution in [2.75, 3.05) is 25.6 Å². The molecule has 0 unspecified atom stereocenters. The summed E-state index contributed by atoms with van der Waals surface area (Å²) < 4.78 is 4.75. The number of anilines is 1. The van der Waals surface area contributed by atoms with E-state index in [-0.39, 0.29) is 0 Å². The summed E-state index contributed by atoms with van der Waals surface area (Å²) in [6, 6.07) is 3.55. The second kappa shape index (κ2) is 6.59. The zero-order valence-corrected chi connectivity index (χ0v) is 9.82. The van der Waals surface area contributed by atoms with Crippen LogP contribution in [-0.4, -0.2) is 37.1 Å². The summed E-state index contributed by atoms with van der Waals surface area (Å²) >= 11 is 0. The Labute approximate surface area is 99.4 Å². The van der Waals surface area contributed by atoms with Crippen molar-refractivity contribution in [2.45, 2.75) is 6.92 Å². The van der Waals surface area contributed by atoms with Gasteiger partial charge in [0.2, 0.25) is 0 Å². The smallest absolute Gasteiger partial charge is 0.314 e. The predicted molar refractivity (Wildman–Crippen MR) is 62.5 cm³/mol. The van der Waals surface area contributed by atoms with Crippen molar-refractivity contribution in [1.29, 1.82) is 0 Å². The molecule has 0 atom stereocenters. The van der Waals surface area contributed by atoms with Crippen LogP contribution in [0.2, 0.25) is 0 Å². The molecule has 0 saturated heterocycles. The molecule has 17 heavy (non-hydrogen) atoms. The Morgan fingerprint density at radius 1 is 1.41 bits per heavy atom. The van der Waals surface area contributed by atoms with Crippen molar-refractivity contribution in [3.05, 3.63) is 23.9 Å². The molecule has 2 amide bonds. The Kier molecular flexibility index (Phi) is 5.09. The maximum atomic E-state index is 11.5. The number of methoxy groups -OCH3 is 1. The van der Waals surface area contributed by atoms with Crippen molar-refractivity contribution < 1.29 is 14.3 Å². The molecule has 0 fully saturated rings. The van der Waals surface area contributed by atoms with E-state index in [1.54, 1.807) is 25.3 Å². The van der Waals surface area contributed by atoms with Gasteiger partial charge in [0.15, 0.2) is 0 Å². The standard InChI is InChI=1S/C11H15N3O3/c1-8-4-3-5-12-9(8)14-11(16)10(15)13-6-7-17-2/h3-5H,6-7H2,1-2H3,(H,13,15)(H,12,14,16). The van der Waals surface area contributed by atoms with Crippen molar-refractivity contribution in [2.24, 2.45) is 0 Å². The number of hydrogen-bond donors (Lipinski definition) is 2. The fourth-order valence-corrected chi connectivity index (χ4v) is 1.13. The molecule has 1 aromatic rings. The second-order valence-electron chi connectivity index (χ2n) is 3.37. The molecule has 0 aliphatic rings. The van der Waals surface area contributed by atoms with E-state index in [2.05, 4.69) is 15.6 Å². The second-order valence-corrected chi connectivity index (χ2v) is 3.37. The molecular formula is C11H15N3O3. The summed E-state index contributed by atoms with van der Waals surface area (Å²) in [6.45, 7) is 2.46. The van der Waals surface area contributed by atoms with Crippen molar-refractivity contribution in [3.8, 4) is 0 Å². The number of rotatable bonds is 4. The van der Waals surface area contributed by atoms with Gasteiger partial charge in [0, 0.05) is 19.9 Å². The highest BCUT2D eigenvalue weighted by Gasteiger charge is 2.14. The maximum absolute atomic E-state index is 11.5. The number of carbonyl (C=O) groups is 2. The minimum Gasteiger partial charge on any atom is -0.383 e. The molecule has 6 heteroatoms. The number of nitrogens with one attached hydrogen (secondary N) is 2. The van der Waals surface area contributed by atoms with E-state index in [9.17, 15) is 9.59 Å². The zero-order chi connectivity index (χ0) is 12.7. The van der Waals surface area contributed by atoms with Crippen LogP contribution in [0.3, 0.4) is 0 Å². The van der Waals surface area contributed by atoms with Gasteiger partial charge in [-0.25, -0.2) is 4.98 Å². The Morgan fingerprint density at radius 2 is 2.18 bits per heavy atom. The van der Waals surface area contributed by atoms with Crippen LogP contribution < -0.4 is 10.6 Å². The Hall–Kier alpha value is -1.95. The van der Waals surface area contributed by atoms with Gasteiger partial charge in [-0.1, -0.05) is 6.07 Å². The average Bonchev–Trinajstić information content (AvgIpc) is 2.32. The number of nitrogens with zero attached hydrogens (tertiary/aromatic N) is 1. The fourth-order valence-electron chi connectivity index (χ4n) is 1.13. The Morgan fingerprint density at radius 3 is 2.82 bits per heavy atom. The normalized spacial score (nSPS) is 9.76. The average molecular weight is 237 g/mol. The molecule has 1 aromatic heterocycles. The number of amides is 2. The fraction of sp³-hybridized carbons (Fsp3) is 0.364. The summed E-state index contributed by atoms with van der Waals surface area (Å²) in [7, 11) is 1.52. The van der Waals surface area contributed by atoms with Crippen LogP contribution in [0.25, 0.3) is 0 Å². The van der Waals surface area contributed by atoms with Crippen LogP contribution >= 0.6 is 0 Å². The zero-order valence-electron chi connectivity index (χ0n) is 9.82. The topological polar surface area (TPSA) is 80.3 Å². The molecule has 92 valence electrons. The van der Waals surface area contributed by atoms with Gasteiger partial charge in [0.1, 0.15) is 5.82 Å². The van der Waals surface area contributed by atoms with Gasteiger partial charge in [-0.05, 0) is 18.6 Å². The van der Waals surface area contributed by atoms with Gasteiger partial charge in [-0.2, -0.15) is 0 Å². The monoisotopic (exact) mass is 237 g/mol. The van der Waals surface area contributed by atoms with Crippen molar-refractivity contribution >= 4 is 17.6 Å². The third kappa shape index (κ3) is 4.20. The lowest BCUT2D eigenvalue weighted by Crippen LogP contribution is -2.37. The third-order valence-corrected chi connectivity index (χ3v) is 2.04. The highest BCUT2D eigenvalue weighted by molar-refractivity contribution is 6.39. The molecule has 1 heterocycles. The molecule has 0 radical (unpaired) electrons.